The smallest absolute Gasteiger partial charge is 0.132 e. The van der Waals surface area contributed by atoms with Gasteiger partial charge >= 0.3 is 0 Å². The third kappa shape index (κ3) is 2.93. The first-order valence-corrected chi connectivity index (χ1v) is 6.82. The first-order chi connectivity index (χ1) is 8.52. The quantitative estimate of drug-likeness (QED) is 0.836. The first-order valence-electron chi connectivity index (χ1n) is 6.44. The van der Waals surface area contributed by atoms with Crippen molar-refractivity contribution in [3.05, 3.63) is 34.9 Å². The van der Waals surface area contributed by atoms with Gasteiger partial charge in [0.2, 0.25) is 0 Å². The number of rotatable bonds is 3. The zero-order valence-electron chi connectivity index (χ0n) is 11.1. The summed E-state index contributed by atoms with van der Waals surface area (Å²) in [7, 11) is 4.17. The Morgan fingerprint density at radius 1 is 1.28 bits per heavy atom. The first kappa shape index (κ1) is 13.6. The van der Waals surface area contributed by atoms with Crippen LogP contribution in [0.2, 0.25) is 5.02 Å². The second kappa shape index (κ2) is 5.41. The predicted molar refractivity (Wildman–Crippen MR) is 75.2 cm³/mol. The van der Waals surface area contributed by atoms with Gasteiger partial charge in [-0.15, -0.1) is 0 Å². The van der Waals surface area contributed by atoms with E-state index >= 15 is 0 Å². The fraction of sp³-hybridized carbons (Fsp3) is 0.533. The molecule has 0 unspecified atom stereocenters. The summed E-state index contributed by atoms with van der Waals surface area (Å²) in [6.45, 7) is 0.973. The van der Waals surface area contributed by atoms with Crippen LogP contribution in [0, 0.1) is 0 Å². The summed E-state index contributed by atoms with van der Waals surface area (Å²) < 4.78 is 0. The molecule has 0 aliphatic heterocycles. The highest BCUT2D eigenvalue weighted by Gasteiger charge is 2.36. The fourth-order valence-electron chi connectivity index (χ4n) is 2.97. The van der Waals surface area contributed by atoms with Gasteiger partial charge in [0.15, 0.2) is 0 Å². The van der Waals surface area contributed by atoms with Crippen LogP contribution in [0.15, 0.2) is 24.3 Å². The Labute approximate surface area is 114 Å². The van der Waals surface area contributed by atoms with Crippen molar-refractivity contribution in [2.24, 2.45) is 0 Å². The van der Waals surface area contributed by atoms with Gasteiger partial charge in [-0.05, 0) is 44.6 Å². The maximum absolute atomic E-state index is 11.5. The Bertz CT molecular complexity index is 432. The van der Waals surface area contributed by atoms with Crippen molar-refractivity contribution in [3.8, 4) is 0 Å². The van der Waals surface area contributed by atoms with Crippen LogP contribution in [0.25, 0.3) is 0 Å². The number of nitrogens with zero attached hydrogens (tertiary/aromatic N) is 1. The largest absolute Gasteiger partial charge is 0.309 e. The maximum Gasteiger partial charge on any atom is 0.132 e. The molecule has 1 aromatic rings. The average molecular weight is 266 g/mol. The van der Waals surface area contributed by atoms with Gasteiger partial charge < -0.3 is 4.90 Å². The summed E-state index contributed by atoms with van der Waals surface area (Å²) in [4.78, 5) is 13.7. The van der Waals surface area contributed by atoms with Crippen molar-refractivity contribution in [1.82, 2.24) is 4.90 Å². The molecule has 1 aromatic carbocycles. The summed E-state index contributed by atoms with van der Waals surface area (Å²) in [5, 5.41) is 0.780. The standard InChI is InChI=1S/C15H20ClNO/c1-17(2)11-15(8-6-14(18)7-9-15)12-4-3-5-13(16)10-12/h3-5,10H,6-9,11H2,1-2H3. The lowest BCUT2D eigenvalue weighted by Gasteiger charge is -2.39. The van der Waals surface area contributed by atoms with Gasteiger partial charge in [-0.25, -0.2) is 0 Å². The molecule has 0 heterocycles. The van der Waals surface area contributed by atoms with Gasteiger partial charge in [-0.2, -0.15) is 0 Å². The molecule has 98 valence electrons. The fourth-order valence-corrected chi connectivity index (χ4v) is 3.16. The lowest BCUT2D eigenvalue weighted by Crippen LogP contribution is -2.41. The normalized spacial score (nSPS) is 19.2. The molecule has 0 atom stereocenters. The maximum atomic E-state index is 11.5. The lowest BCUT2D eigenvalue weighted by atomic mass is 9.69. The number of Topliss-reactive ketones (excluding diaryl/α,β-unsaturated/α-hetero) is 1. The SMILES string of the molecule is CN(C)CC1(c2cccc(Cl)c2)CCC(=O)CC1. The van der Waals surface area contributed by atoms with E-state index < -0.39 is 0 Å². The highest BCUT2D eigenvalue weighted by molar-refractivity contribution is 6.30. The van der Waals surface area contributed by atoms with E-state index in [0.717, 1.165) is 24.4 Å². The van der Waals surface area contributed by atoms with Crippen LogP contribution in [0.1, 0.15) is 31.2 Å². The molecule has 0 saturated heterocycles. The van der Waals surface area contributed by atoms with Crippen LogP contribution in [0.4, 0.5) is 0 Å². The molecule has 1 aliphatic carbocycles. The molecule has 1 fully saturated rings. The number of carbonyl (C=O) groups is 1. The van der Waals surface area contributed by atoms with Crippen LogP contribution in [0.5, 0.6) is 0 Å². The Morgan fingerprint density at radius 3 is 2.50 bits per heavy atom. The van der Waals surface area contributed by atoms with Gasteiger partial charge in [-0.1, -0.05) is 23.7 Å². The summed E-state index contributed by atoms with van der Waals surface area (Å²) >= 11 is 6.11. The Balaban J connectivity index is 2.32. The number of carbonyl (C=O) groups excluding carboxylic acids is 1. The highest BCUT2D eigenvalue weighted by atomic mass is 35.5. The monoisotopic (exact) mass is 265 g/mol. The van der Waals surface area contributed by atoms with Crippen LogP contribution < -0.4 is 0 Å². The second-order valence-electron chi connectivity index (χ2n) is 5.57. The van der Waals surface area contributed by atoms with Crippen LogP contribution in [-0.4, -0.2) is 31.3 Å². The molecule has 0 aromatic heterocycles. The highest BCUT2D eigenvalue weighted by Crippen LogP contribution is 2.39. The van der Waals surface area contributed by atoms with Crippen molar-refractivity contribution >= 4 is 17.4 Å². The van der Waals surface area contributed by atoms with Crippen molar-refractivity contribution < 1.29 is 4.79 Å². The van der Waals surface area contributed by atoms with E-state index in [0.29, 0.717) is 18.6 Å². The molecule has 0 spiro atoms. The Morgan fingerprint density at radius 2 is 1.94 bits per heavy atom. The number of halogens is 1. The van der Waals surface area contributed by atoms with E-state index in [2.05, 4.69) is 31.1 Å². The minimum Gasteiger partial charge on any atom is -0.309 e. The molecule has 18 heavy (non-hydrogen) atoms. The van der Waals surface area contributed by atoms with Crippen molar-refractivity contribution in [3.63, 3.8) is 0 Å². The molecule has 0 amide bonds. The molecule has 0 radical (unpaired) electrons. The van der Waals surface area contributed by atoms with Crippen LogP contribution >= 0.6 is 11.6 Å². The number of likely N-dealkylation sites (N-methyl/N-ethyl adjacent to an activating group) is 1. The lowest BCUT2D eigenvalue weighted by molar-refractivity contribution is -0.121. The average Bonchev–Trinajstić information content (AvgIpc) is 2.32. The molecule has 3 heteroatoms. The zero-order valence-corrected chi connectivity index (χ0v) is 11.8. The van der Waals surface area contributed by atoms with Crippen molar-refractivity contribution in [2.75, 3.05) is 20.6 Å². The second-order valence-corrected chi connectivity index (χ2v) is 6.00. The Kier molecular flexibility index (Phi) is 4.08. The predicted octanol–water partition coefficient (Wildman–Crippen LogP) is 3.28. The number of ketones is 1. The minimum atomic E-state index is 0.0856. The van der Waals surface area contributed by atoms with E-state index in [1.165, 1.54) is 5.56 Å². The number of hydrogen-bond acceptors (Lipinski definition) is 2. The summed E-state index contributed by atoms with van der Waals surface area (Å²) in [6.07, 6.45) is 3.26. The number of benzene rings is 1. The summed E-state index contributed by atoms with van der Waals surface area (Å²) in [5.74, 6) is 0.395. The van der Waals surface area contributed by atoms with Gasteiger partial charge in [0.1, 0.15) is 5.78 Å². The topological polar surface area (TPSA) is 20.3 Å². The molecule has 0 N–H and O–H groups in total. The molecule has 1 saturated carbocycles. The van der Waals surface area contributed by atoms with E-state index in [4.69, 9.17) is 11.6 Å². The van der Waals surface area contributed by atoms with Gasteiger partial charge in [0.05, 0.1) is 0 Å². The third-order valence-corrected chi connectivity index (χ3v) is 4.06. The van der Waals surface area contributed by atoms with Crippen LogP contribution in [-0.2, 0) is 10.2 Å². The molecular weight excluding hydrogens is 246 g/mol. The summed E-state index contributed by atoms with van der Waals surface area (Å²) in [6, 6.07) is 8.11. The van der Waals surface area contributed by atoms with Gasteiger partial charge in [0.25, 0.3) is 0 Å². The molecular formula is C15H20ClNO. The summed E-state index contributed by atoms with van der Waals surface area (Å²) in [5.41, 5.74) is 1.36. The van der Waals surface area contributed by atoms with Gasteiger partial charge in [0, 0.05) is 29.8 Å². The van der Waals surface area contributed by atoms with E-state index in [-0.39, 0.29) is 5.41 Å². The minimum absolute atomic E-state index is 0.0856. The molecule has 2 rings (SSSR count). The van der Waals surface area contributed by atoms with E-state index in [1.807, 2.05) is 12.1 Å². The van der Waals surface area contributed by atoms with Crippen molar-refractivity contribution in [2.45, 2.75) is 31.1 Å². The Hall–Kier alpha value is -0.860. The molecule has 1 aliphatic rings. The molecule has 2 nitrogen and oxygen atoms in total. The molecule has 0 bridgehead atoms. The van der Waals surface area contributed by atoms with Crippen LogP contribution in [0.3, 0.4) is 0 Å². The number of hydrogen-bond donors (Lipinski definition) is 0. The third-order valence-electron chi connectivity index (χ3n) is 3.82. The van der Waals surface area contributed by atoms with E-state index in [9.17, 15) is 4.79 Å². The van der Waals surface area contributed by atoms with Gasteiger partial charge in [-0.3, -0.25) is 4.79 Å². The van der Waals surface area contributed by atoms with Crippen molar-refractivity contribution in [1.29, 1.82) is 0 Å². The van der Waals surface area contributed by atoms with E-state index in [1.54, 1.807) is 0 Å². The zero-order chi connectivity index (χ0) is 13.2.